The lowest BCUT2D eigenvalue weighted by Gasteiger charge is -2.47. The van der Waals surface area contributed by atoms with E-state index in [4.69, 9.17) is 0 Å². The summed E-state index contributed by atoms with van der Waals surface area (Å²) in [6.45, 7) is 5.26. The van der Waals surface area contributed by atoms with Crippen molar-refractivity contribution >= 4 is 27.5 Å². The zero-order valence-electron chi connectivity index (χ0n) is 17.7. The van der Waals surface area contributed by atoms with Crippen LogP contribution in [0.1, 0.15) is 23.6 Å². The van der Waals surface area contributed by atoms with E-state index in [1.165, 1.54) is 4.90 Å². The zero-order chi connectivity index (χ0) is 22.1. The molecule has 1 aliphatic rings. The molecule has 1 unspecified atom stereocenters. The summed E-state index contributed by atoms with van der Waals surface area (Å²) in [5, 5.41) is 2.88. The fraction of sp³-hybridized carbons (Fsp3) is 0.364. The molecule has 0 radical (unpaired) electrons. The molecule has 2 aromatic carbocycles. The lowest BCUT2D eigenvalue weighted by molar-refractivity contribution is -0.133. The number of carbonyl (C=O) groups excluding carboxylic acids is 2. The van der Waals surface area contributed by atoms with Crippen molar-refractivity contribution in [1.82, 2.24) is 9.62 Å². The molecule has 1 saturated heterocycles. The summed E-state index contributed by atoms with van der Waals surface area (Å²) in [7, 11) is -3.65. The van der Waals surface area contributed by atoms with Crippen LogP contribution in [0.5, 0.6) is 0 Å². The Balaban J connectivity index is 2.01. The predicted molar refractivity (Wildman–Crippen MR) is 117 cm³/mol. The predicted octanol–water partition coefficient (Wildman–Crippen LogP) is 1.99. The Labute approximate surface area is 177 Å². The Morgan fingerprint density at radius 2 is 1.80 bits per heavy atom. The van der Waals surface area contributed by atoms with Gasteiger partial charge in [-0.05, 0) is 43.5 Å². The van der Waals surface area contributed by atoms with Gasteiger partial charge in [0.2, 0.25) is 21.8 Å². The minimum atomic E-state index is -3.65. The number of nitrogens with zero attached hydrogens (tertiary/aromatic N) is 2. The van der Waals surface area contributed by atoms with Crippen molar-refractivity contribution < 1.29 is 18.0 Å². The number of piperazine rings is 1. The molecule has 7 nitrogen and oxygen atoms in total. The summed E-state index contributed by atoms with van der Waals surface area (Å²) in [4.78, 5) is 28.0. The van der Waals surface area contributed by atoms with Gasteiger partial charge in [-0.3, -0.25) is 14.5 Å². The van der Waals surface area contributed by atoms with Crippen LogP contribution in [-0.2, 0) is 26.2 Å². The molecule has 0 saturated carbocycles. The average molecular weight is 430 g/mol. The standard InChI is InChI=1S/C22H27N3O4S/c1-16-10-11-17(2)19(12-16)25-20(26)14-24(30(4,28)29)15-22(25,3)21(27)23-13-18-8-6-5-7-9-18/h5-12H,13-15H2,1-4H3,(H,23,27). The first-order valence-electron chi connectivity index (χ1n) is 9.70. The topological polar surface area (TPSA) is 86.8 Å². The summed E-state index contributed by atoms with van der Waals surface area (Å²) in [5.74, 6) is -0.841. The lowest BCUT2D eigenvalue weighted by Crippen LogP contribution is -2.70. The second kappa shape index (κ2) is 8.20. The van der Waals surface area contributed by atoms with Gasteiger partial charge in [0.1, 0.15) is 5.54 Å². The molecule has 160 valence electrons. The molecule has 1 fully saturated rings. The molecule has 1 heterocycles. The van der Waals surface area contributed by atoms with Crippen LogP contribution in [0.3, 0.4) is 0 Å². The van der Waals surface area contributed by atoms with Crippen LogP contribution in [-0.4, -0.2) is 49.4 Å². The van der Waals surface area contributed by atoms with Gasteiger partial charge in [-0.1, -0.05) is 42.5 Å². The molecule has 30 heavy (non-hydrogen) atoms. The van der Waals surface area contributed by atoms with Crippen molar-refractivity contribution in [2.45, 2.75) is 32.9 Å². The highest BCUT2D eigenvalue weighted by Crippen LogP contribution is 2.33. The van der Waals surface area contributed by atoms with Crippen molar-refractivity contribution in [3.63, 3.8) is 0 Å². The number of nitrogens with one attached hydrogen (secondary N) is 1. The van der Waals surface area contributed by atoms with Gasteiger partial charge in [-0.2, -0.15) is 4.31 Å². The highest BCUT2D eigenvalue weighted by molar-refractivity contribution is 7.88. The van der Waals surface area contributed by atoms with E-state index in [1.54, 1.807) is 6.92 Å². The van der Waals surface area contributed by atoms with Gasteiger partial charge in [-0.25, -0.2) is 8.42 Å². The number of anilines is 1. The summed E-state index contributed by atoms with van der Waals surface area (Å²) in [6.07, 6.45) is 1.05. The van der Waals surface area contributed by atoms with E-state index < -0.39 is 27.4 Å². The fourth-order valence-electron chi connectivity index (χ4n) is 3.70. The highest BCUT2D eigenvalue weighted by atomic mass is 32.2. The number of rotatable bonds is 5. The Morgan fingerprint density at radius 1 is 1.13 bits per heavy atom. The minimum Gasteiger partial charge on any atom is -0.350 e. The third-order valence-electron chi connectivity index (χ3n) is 5.40. The Bertz CT molecular complexity index is 1070. The molecule has 2 amide bonds. The second-order valence-electron chi connectivity index (χ2n) is 7.99. The second-order valence-corrected chi connectivity index (χ2v) is 9.97. The van der Waals surface area contributed by atoms with Crippen molar-refractivity contribution in [3.8, 4) is 0 Å². The number of benzene rings is 2. The van der Waals surface area contributed by atoms with E-state index in [-0.39, 0.29) is 19.6 Å². The normalized spacial score (nSPS) is 20.3. The van der Waals surface area contributed by atoms with E-state index in [9.17, 15) is 18.0 Å². The van der Waals surface area contributed by atoms with E-state index in [1.807, 2.05) is 62.4 Å². The summed E-state index contributed by atoms with van der Waals surface area (Å²) in [5.41, 5.74) is 1.91. The van der Waals surface area contributed by atoms with Gasteiger partial charge < -0.3 is 5.32 Å². The molecule has 0 spiro atoms. The van der Waals surface area contributed by atoms with Crippen molar-refractivity contribution in [2.75, 3.05) is 24.2 Å². The van der Waals surface area contributed by atoms with E-state index in [0.29, 0.717) is 5.69 Å². The SMILES string of the molecule is Cc1ccc(C)c(N2C(=O)CN(S(C)(=O)=O)CC2(C)C(=O)NCc2ccccc2)c1. The van der Waals surface area contributed by atoms with Crippen LogP contribution in [0.2, 0.25) is 0 Å². The lowest BCUT2D eigenvalue weighted by atomic mass is 9.93. The molecule has 1 atom stereocenters. The third-order valence-corrected chi connectivity index (χ3v) is 6.59. The van der Waals surface area contributed by atoms with Crippen LogP contribution in [0.4, 0.5) is 5.69 Å². The summed E-state index contributed by atoms with van der Waals surface area (Å²) >= 11 is 0. The molecular formula is C22H27N3O4S. The molecule has 0 bridgehead atoms. The molecule has 1 N–H and O–H groups in total. The minimum absolute atomic E-state index is 0.119. The quantitative estimate of drug-likeness (QED) is 0.788. The molecule has 8 heteroatoms. The first kappa shape index (κ1) is 22.0. The molecule has 0 aromatic heterocycles. The van der Waals surface area contributed by atoms with Gasteiger partial charge in [0.05, 0.1) is 12.8 Å². The number of hydrogen-bond donors (Lipinski definition) is 1. The van der Waals surface area contributed by atoms with E-state index in [0.717, 1.165) is 27.3 Å². The highest BCUT2D eigenvalue weighted by Gasteiger charge is 2.50. The first-order valence-corrected chi connectivity index (χ1v) is 11.5. The number of sulfonamides is 1. The first-order chi connectivity index (χ1) is 14.0. The average Bonchev–Trinajstić information content (AvgIpc) is 2.68. The summed E-state index contributed by atoms with van der Waals surface area (Å²) in [6, 6.07) is 15.1. The maximum Gasteiger partial charge on any atom is 0.247 e. The van der Waals surface area contributed by atoms with Gasteiger partial charge >= 0.3 is 0 Å². The van der Waals surface area contributed by atoms with Gasteiger partial charge in [-0.15, -0.1) is 0 Å². The number of amides is 2. The Kier molecular flexibility index (Phi) is 6.01. The van der Waals surface area contributed by atoms with Gasteiger partial charge in [0.25, 0.3) is 0 Å². The summed E-state index contributed by atoms with van der Waals surface area (Å²) < 4.78 is 25.5. The monoisotopic (exact) mass is 429 g/mol. The van der Waals surface area contributed by atoms with Crippen LogP contribution in [0, 0.1) is 13.8 Å². The van der Waals surface area contributed by atoms with E-state index in [2.05, 4.69) is 5.32 Å². The van der Waals surface area contributed by atoms with Crippen molar-refractivity contribution in [3.05, 3.63) is 65.2 Å². The van der Waals surface area contributed by atoms with Crippen LogP contribution in [0.15, 0.2) is 48.5 Å². The molecule has 3 rings (SSSR count). The number of aryl methyl sites for hydroxylation is 2. The molecular weight excluding hydrogens is 402 g/mol. The van der Waals surface area contributed by atoms with Gasteiger partial charge in [0.15, 0.2) is 0 Å². The smallest absolute Gasteiger partial charge is 0.247 e. The van der Waals surface area contributed by atoms with Crippen LogP contribution < -0.4 is 10.2 Å². The van der Waals surface area contributed by atoms with Crippen molar-refractivity contribution in [1.29, 1.82) is 0 Å². The van der Waals surface area contributed by atoms with Crippen molar-refractivity contribution in [2.24, 2.45) is 0 Å². The third kappa shape index (κ3) is 4.39. The Morgan fingerprint density at radius 3 is 2.43 bits per heavy atom. The van der Waals surface area contributed by atoms with Crippen LogP contribution in [0.25, 0.3) is 0 Å². The zero-order valence-corrected chi connectivity index (χ0v) is 18.5. The Hall–Kier alpha value is -2.71. The van der Waals surface area contributed by atoms with E-state index >= 15 is 0 Å². The molecule has 1 aliphatic heterocycles. The van der Waals surface area contributed by atoms with Gasteiger partial charge in [0, 0.05) is 18.8 Å². The van der Waals surface area contributed by atoms with Crippen LogP contribution >= 0.6 is 0 Å². The fourth-order valence-corrected chi connectivity index (χ4v) is 4.53. The number of hydrogen-bond acceptors (Lipinski definition) is 4. The largest absolute Gasteiger partial charge is 0.350 e. The number of carbonyl (C=O) groups is 2. The molecule has 2 aromatic rings. The maximum atomic E-state index is 13.4. The molecule has 0 aliphatic carbocycles. The maximum absolute atomic E-state index is 13.4.